The van der Waals surface area contributed by atoms with Crippen molar-refractivity contribution in [3.63, 3.8) is 0 Å². The fraction of sp³-hybridized carbons (Fsp3) is 0.571. The van der Waals surface area contributed by atoms with Gasteiger partial charge in [0.05, 0.1) is 12.2 Å². The van der Waals surface area contributed by atoms with E-state index in [2.05, 4.69) is 11.0 Å². The van der Waals surface area contributed by atoms with Crippen molar-refractivity contribution in [3.05, 3.63) is 34.9 Å². The fourth-order valence-corrected chi connectivity index (χ4v) is 2.89. The Bertz CT molecular complexity index is 404. The molecule has 2 N–H and O–H groups in total. The Kier molecular flexibility index (Phi) is 5.19. The average molecular weight is 285 g/mol. The predicted octanol–water partition coefficient (Wildman–Crippen LogP) is 1.69. The van der Waals surface area contributed by atoms with Gasteiger partial charge in [0.15, 0.2) is 0 Å². The van der Waals surface area contributed by atoms with Gasteiger partial charge in [0, 0.05) is 44.9 Å². The summed E-state index contributed by atoms with van der Waals surface area (Å²) in [6, 6.07) is 8.01. The normalized spacial score (nSPS) is 25.7. The molecule has 1 saturated heterocycles. The first-order valence-corrected chi connectivity index (χ1v) is 6.82. The van der Waals surface area contributed by atoms with Gasteiger partial charge in [0.1, 0.15) is 0 Å². The average Bonchev–Trinajstić information content (AvgIpc) is 2.83. The molecule has 0 bridgehead atoms. The summed E-state index contributed by atoms with van der Waals surface area (Å²) in [4.78, 5) is 2.30. The van der Waals surface area contributed by atoms with Gasteiger partial charge >= 0.3 is 0 Å². The third-order valence-electron chi connectivity index (χ3n) is 3.75. The number of likely N-dealkylation sites (tertiary alicyclic amines) is 1. The van der Waals surface area contributed by atoms with Crippen LogP contribution in [0.3, 0.4) is 0 Å². The van der Waals surface area contributed by atoms with E-state index in [4.69, 9.17) is 26.8 Å². The molecule has 1 aliphatic rings. The molecule has 0 saturated carbocycles. The zero-order chi connectivity index (χ0) is 13.8. The molecule has 1 aromatic rings. The molecule has 1 aliphatic heterocycles. The van der Waals surface area contributed by atoms with Crippen LogP contribution >= 0.6 is 11.6 Å². The molecule has 19 heavy (non-hydrogen) atoms. The van der Waals surface area contributed by atoms with E-state index in [1.807, 2.05) is 18.2 Å². The van der Waals surface area contributed by atoms with Crippen molar-refractivity contribution in [3.8, 4) is 0 Å². The highest BCUT2D eigenvalue weighted by Crippen LogP contribution is 2.28. The van der Waals surface area contributed by atoms with E-state index in [0.717, 1.165) is 23.7 Å². The molecule has 1 fully saturated rings. The van der Waals surface area contributed by atoms with Crippen molar-refractivity contribution in [2.45, 2.75) is 18.2 Å². The van der Waals surface area contributed by atoms with Gasteiger partial charge < -0.3 is 15.2 Å². The first kappa shape index (κ1) is 14.8. The molecule has 1 heterocycles. The van der Waals surface area contributed by atoms with Crippen LogP contribution in [0.2, 0.25) is 5.02 Å². The van der Waals surface area contributed by atoms with Crippen LogP contribution in [0.5, 0.6) is 0 Å². The van der Waals surface area contributed by atoms with E-state index in [0.29, 0.717) is 6.54 Å². The van der Waals surface area contributed by atoms with Crippen molar-refractivity contribution in [2.24, 2.45) is 5.73 Å². The minimum absolute atomic E-state index is 0.0956. The molecule has 3 unspecified atom stereocenters. The molecule has 5 heteroatoms. The number of rotatable bonds is 5. The number of methoxy groups -OCH3 is 2. The van der Waals surface area contributed by atoms with E-state index in [9.17, 15) is 0 Å². The van der Waals surface area contributed by atoms with Crippen LogP contribution in [0.4, 0.5) is 0 Å². The topological polar surface area (TPSA) is 47.7 Å². The summed E-state index contributed by atoms with van der Waals surface area (Å²) in [6.07, 6.45) is 0.191. The fourth-order valence-electron chi connectivity index (χ4n) is 2.69. The molecule has 0 amide bonds. The van der Waals surface area contributed by atoms with Gasteiger partial charge in [0.25, 0.3) is 0 Å². The van der Waals surface area contributed by atoms with E-state index in [-0.39, 0.29) is 18.2 Å². The summed E-state index contributed by atoms with van der Waals surface area (Å²) in [5, 5.41) is 0.738. The van der Waals surface area contributed by atoms with Crippen LogP contribution in [-0.4, -0.2) is 51.0 Å². The molecule has 0 radical (unpaired) electrons. The molecule has 2 rings (SSSR count). The van der Waals surface area contributed by atoms with Crippen LogP contribution in [0.1, 0.15) is 11.6 Å². The number of nitrogens with two attached hydrogens (primary N) is 1. The summed E-state index contributed by atoms with van der Waals surface area (Å²) >= 11 is 6.06. The van der Waals surface area contributed by atoms with Crippen molar-refractivity contribution in [1.29, 1.82) is 0 Å². The minimum Gasteiger partial charge on any atom is -0.377 e. The van der Waals surface area contributed by atoms with E-state index < -0.39 is 0 Å². The highest BCUT2D eigenvalue weighted by atomic mass is 35.5. The largest absolute Gasteiger partial charge is 0.377 e. The summed E-state index contributed by atoms with van der Waals surface area (Å²) in [5.74, 6) is 0. The van der Waals surface area contributed by atoms with E-state index in [1.54, 1.807) is 14.2 Å². The lowest BCUT2D eigenvalue weighted by Gasteiger charge is -2.27. The predicted molar refractivity (Wildman–Crippen MR) is 76.4 cm³/mol. The maximum atomic E-state index is 6.06. The summed E-state index contributed by atoms with van der Waals surface area (Å²) in [6.45, 7) is 2.19. The SMILES string of the molecule is COC1CN(C(CN)c2cccc(Cl)c2)CC1OC. The molecule has 4 nitrogen and oxygen atoms in total. The standard InChI is InChI=1S/C14H21ClN2O2/c1-18-13-8-17(9-14(13)19-2)12(7-16)10-4-3-5-11(15)6-10/h3-6,12-14H,7-9,16H2,1-2H3. The van der Waals surface area contributed by atoms with Crippen LogP contribution in [0, 0.1) is 0 Å². The Balaban J connectivity index is 2.15. The number of benzene rings is 1. The quantitative estimate of drug-likeness (QED) is 0.894. The maximum absolute atomic E-state index is 6.06. The second-order valence-electron chi connectivity index (χ2n) is 4.81. The molecule has 106 valence electrons. The molecular weight excluding hydrogens is 264 g/mol. The van der Waals surface area contributed by atoms with Crippen molar-refractivity contribution >= 4 is 11.6 Å². The molecule has 0 spiro atoms. The molecular formula is C14H21ClN2O2. The lowest BCUT2D eigenvalue weighted by atomic mass is 10.1. The van der Waals surface area contributed by atoms with E-state index in [1.165, 1.54) is 0 Å². The lowest BCUT2D eigenvalue weighted by molar-refractivity contribution is -0.00461. The number of hydrogen-bond donors (Lipinski definition) is 1. The Hall–Kier alpha value is -0.650. The zero-order valence-electron chi connectivity index (χ0n) is 11.4. The van der Waals surface area contributed by atoms with Crippen LogP contribution < -0.4 is 5.73 Å². The Labute approximate surface area is 119 Å². The summed E-state index contributed by atoms with van der Waals surface area (Å²) in [5.41, 5.74) is 7.08. The van der Waals surface area contributed by atoms with Gasteiger partial charge in [-0.25, -0.2) is 0 Å². The maximum Gasteiger partial charge on any atom is 0.0972 e. The summed E-state index contributed by atoms with van der Waals surface area (Å²) < 4.78 is 10.9. The highest BCUT2D eigenvalue weighted by molar-refractivity contribution is 6.30. The second-order valence-corrected chi connectivity index (χ2v) is 5.25. The Morgan fingerprint density at radius 1 is 1.32 bits per heavy atom. The molecule has 1 aromatic carbocycles. The monoisotopic (exact) mass is 284 g/mol. The van der Waals surface area contributed by atoms with Gasteiger partial charge in [-0.2, -0.15) is 0 Å². The second kappa shape index (κ2) is 6.68. The Morgan fingerprint density at radius 3 is 2.42 bits per heavy atom. The summed E-state index contributed by atoms with van der Waals surface area (Å²) in [7, 11) is 3.44. The smallest absolute Gasteiger partial charge is 0.0972 e. The third-order valence-corrected chi connectivity index (χ3v) is 3.98. The van der Waals surface area contributed by atoms with Crippen LogP contribution in [-0.2, 0) is 9.47 Å². The van der Waals surface area contributed by atoms with Crippen LogP contribution in [0.15, 0.2) is 24.3 Å². The van der Waals surface area contributed by atoms with Gasteiger partial charge in [-0.05, 0) is 17.7 Å². The number of halogens is 1. The number of hydrogen-bond acceptors (Lipinski definition) is 4. The van der Waals surface area contributed by atoms with Gasteiger partial charge in [-0.15, -0.1) is 0 Å². The molecule has 3 atom stereocenters. The first-order valence-electron chi connectivity index (χ1n) is 6.44. The van der Waals surface area contributed by atoms with Crippen molar-refractivity contribution < 1.29 is 9.47 Å². The van der Waals surface area contributed by atoms with Crippen LogP contribution in [0.25, 0.3) is 0 Å². The van der Waals surface area contributed by atoms with Gasteiger partial charge in [-0.3, -0.25) is 4.90 Å². The first-order chi connectivity index (χ1) is 9.19. The number of nitrogens with zero attached hydrogens (tertiary/aromatic N) is 1. The van der Waals surface area contributed by atoms with Gasteiger partial charge in [-0.1, -0.05) is 23.7 Å². The lowest BCUT2D eigenvalue weighted by Crippen LogP contribution is -2.33. The Morgan fingerprint density at radius 2 is 1.95 bits per heavy atom. The molecule has 0 aromatic heterocycles. The zero-order valence-corrected chi connectivity index (χ0v) is 12.1. The van der Waals surface area contributed by atoms with Gasteiger partial charge in [0.2, 0.25) is 0 Å². The van der Waals surface area contributed by atoms with Crippen molar-refractivity contribution in [2.75, 3.05) is 33.9 Å². The minimum atomic E-state index is 0.0956. The third kappa shape index (κ3) is 3.27. The highest BCUT2D eigenvalue weighted by Gasteiger charge is 2.36. The van der Waals surface area contributed by atoms with Crippen molar-refractivity contribution in [1.82, 2.24) is 4.90 Å². The number of ether oxygens (including phenoxy) is 2. The molecule has 0 aliphatic carbocycles. The van der Waals surface area contributed by atoms with E-state index >= 15 is 0 Å².